The topological polar surface area (TPSA) is 46.9 Å². The number of fused-ring (bicyclic) bond motifs is 1. The summed E-state index contributed by atoms with van der Waals surface area (Å²) in [4.78, 5) is 17.3. The van der Waals surface area contributed by atoms with Gasteiger partial charge in [-0.25, -0.2) is 4.98 Å². The lowest BCUT2D eigenvalue weighted by Crippen LogP contribution is -2.14. The van der Waals surface area contributed by atoms with E-state index >= 15 is 0 Å². The zero-order chi connectivity index (χ0) is 20.9. The highest BCUT2D eigenvalue weighted by molar-refractivity contribution is 7.99. The molecule has 0 aliphatic heterocycles. The standard InChI is InChI=1S/C25H25N3OS/c1-18(2)20-12-14-21(15-13-20)26-24(29)17-30-25-27-22-10-6-7-11-23(22)28(25)16-19-8-4-3-5-9-19/h3-15,18H,16-17H2,1-2H3,(H,26,29). The first-order valence-electron chi connectivity index (χ1n) is 10.1. The van der Waals surface area contributed by atoms with Crippen molar-refractivity contribution in [1.82, 2.24) is 9.55 Å². The highest BCUT2D eigenvalue weighted by atomic mass is 32.2. The van der Waals surface area contributed by atoms with Crippen LogP contribution in [0.3, 0.4) is 0 Å². The van der Waals surface area contributed by atoms with E-state index in [4.69, 9.17) is 4.98 Å². The van der Waals surface area contributed by atoms with Crippen molar-refractivity contribution >= 4 is 34.4 Å². The Morgan fingerprint density at radius 1 is 0.967 bits per heavy atom. The molecule has 0 aliphatic carbocycles. The Bertz CT molecular complexity index is 1130. The van der Waals surface area contributed by atoms with Crippen LogP contribution in [-0.2, 0) is 11.3 Å². The van der Waals surface area contributed by atoms with Crippen LogP contribution in [0.1, 0.15) is 30.9 Å². The van der Waals surface area contributed by atoms with E-state index < -0.39 is 0 Å². The minimum absolute atomic E-state index is 0.0318. The Kier molecular flexibility index (Phi) is 6.19. The summed E-state index contributed by atoms with van der Waals surface area (Å²) in [7, 11) is 0. The number of nitrogens with one attached hydrogen (secondary N) is 1. The highest BCUT2D eigenvalue weighted by Crippen LogP contribution is 2.25. The van der Waals surface area contributed by atoms with E-state index in [1.807, 2.05) is 48.5 Å². The van der Waals surface area contributed by atoms with Gasteiger partial charge in [-0.1, -0.05) is 80.2 Å². The number of carbonyl (C=O) groups excluding carboxylic acids is 1. The maximum absolute atomic E-state index is 12.5. The second-order valence-electron chi connectivity index (χ2n) is 7.57. The molecule has 0 fully saturated rings. The van der Waals surface area contributed by atoms with Gasteiger partial charge in [0.1, 0.15) is 0 Å². The normalized spacial score (nSPS) is 11.2. The van der Waals surface area contributed by atoms with Crippen LogP contribution in [0.25, 0.3) is 11.0 Å². The molecule has 4 nitrogen and oxygen atoms in total. The number of thioether (sulfide) groups is 1. The maximum Gasteiger partial charge on any atom is 0.234 e. The van der Waals surface area contributed by atoms with Crippen LogP contribution in [0.4, 0.5) is 5.69 Å². The number of para-hydroxylation sites is 2. The number of hydrogen-bond donors (Lipinski definition) is 1. The van der Waals surface area contributed by atoms with E-state index in [0.29, 0.717) is 11.7 Å². The lowest BCUT2D eigenvalue weighted by molar-refractivity contribution is -0.113. The molecule has 0 radical (unpaired) electrons. The van der Waals surface area contributed by atoms with Crippen molar-refractivity contribution in [3.63, 3.8) is 0 Å². The number of rotatable bonds is 7. The van der Waals surface area contributed by atoms with Gasteiger partial charge >= 0.3 is 0 Å². The van der Waals surface area contributed by atoms with Crippen LogP contribution in [0.5, 0.6) is 0 Å². The number of hydrogen-bond acceptors (Lipinski definition) is 3. The molecule has 4 rings (SSSR count). The summed E-state index contributed by atoms with van der Waals surface area (Å²) >= 11 is 1.47. The van der Waals surface area contributed by atoms with E-state index in [0.717, 1.165) is 28.4 Å². The molecule has 1 heterocycles. The van der Waals surface area contributed by atoms with Gasteiger partial charge in [-0.2, -0.15) is 0 Å². The van der Waals surface area contributed by atoms with E-state index in [1.54, 1.807) is 0 Å². The Balaban J connectivity index is 1.48. The van der Waals surface area contributed by atoms with Gasteiger partial charge in [-0.05, 0) is 41.3 Å². The molecule has 0 saturated heterocycles. The summed E-state index contributed by atoms with van der Waals surface area (Å²) in [5.74, 6) is 0.753. The fourth-order valence-corrected chi connectivity index (χ4v) is 4.17. The third-order valence-electron chi connectivity index (χ3n) is 5.00. The van der Waals surface area contributed by atoms with Crippen molar-refractivity contribution in [1.29, 1.82) is 0 Å². The van der Waals surface area contributed by atoms with Crippen molar-refractivity contribution in [2.24, 2.45) is 0 Å². The third-order valence-corrected chi connectivity index (χ3v) is 5.97. The second kappa shape index (κ2) is 9.18. The number of nitrogens with zero attached hydrogens (tertiary/aromatic N) is 2. The van der Waals surface area contributed by atoms with E-state index in [1.165, 1.54) is 22.9 Å². The number of aromatic nitrogens is 2. The number of benzene rings is 3. The third kappa shape index (κ3) is 4.74. The second-order valence-corrected chi connectivity index (χ2v) is 8.51. The molecule has 152 valence electrons. The zero-order valence-corrected chi connectivity index (χ0v) is 18.0. The van der Waals surface area contributed by atoms with E-state index in [2.05, 4.69) is 54.1 Å². The molecule has 3 aromatic carbocycles. The molecule has 4 aromatic rings. The number of carbonyl (C=O) groups is 1. The number of imidazole rings is 1. The van der Waals surface area contributed by atoms with Crippen molar-refractivity contribution in [3.05, 3.63) is 90.0 Å². The van der Waals surface area contributed by atoms with Gasteiger partial charge in [0.2, 0.25) is 5.91 Å². The van der Waals surface area contributed by atoms with Gasteiger partial charge in [0, 0.05) is 5.69 Å². The summed E-state index contributed by atoms with van der Waals surface area (Å²) in [5.41, 5.74) is 5.31. The van der Waals surface area contributed by atoms with Crippen LogP contribution in [-0.4, -0.2) is 21.2 Å². The maximum atomic E-state index is 12.5. The minimum Gasteiger partial charge on any atom is -0.325 e. The Labute approximate surface area is 181 Å². The van der Waals surface area contributed by atoms with Crippen LogP contribution in [0.15, 0.2) is 84.0 Å². The van der Waals surface area contributed by atoms with Gasteiger partial charge in [0.05, 0.1) is 23.3 Å². The molecule has 30 heavy (non-hydrogen) atoms. The van der Waals surface area contributed by atoms with Gasteiger partial charge in [0.15, 0.2) is 5.16 Å². The molecule has 0 atom stereocenters. The van der Waals surface area contributed by atoms with E-state index in [9.17, 15) is 4.79 Å². The first-order chi connectivity index (χ1) is 14.6. The quantitative estimate of drug-likeness (QED) is 0.380. The summed E-state index contributed by atoms with van der Waals surface area (Å²) in [6.07, 6.45) is 0. The highest BCUT2D eigenvalue weighted by Gasteiger charge is 2.13. The van der Waals surface area contributed by atoms with Crippen LogP contribution in [0.2, 0.25) is 0 Å². The summed E-state index contributed by atoms with van der Waals surface area (Å²) in [6.45, 7) is 5.04. The molecule has 0 unspecified atom stereocenters. The molecule has 1 amide bonds. The fraction of sp³-hybridized carbons (Fsp3) is 0.200. The van der Waals surface area contributed by atoms with Crippen LogP contribution in [0, 0.1) is 0 Å². The first-order valence-corrected chi connectivity index (χ1v) is 11.1. The predicted molar refractivity (Wildman–Crippen MR) is 125 cm³/mol. The van der Waals surface area contributed by atoms with Crippen molar-refractivity contribution < 1.29 is 4.79 Å². The van der Waals surface area contributed by atoms with Gasteiger partial charge < -0.3 is 9.88 Å². The van der Waals surface area contributed by atoms with E-state index in [-0.39, 0.29) is 5.91 Å². The van der Waals surface area contributed by atoms with Crippen LogP contribution < -0.4 is 5.32 Å². The van der Waals surface area contributed by atoms with Crippen molar-refractivity contribution in [3.8, 4) is 0 Å². The Morgan fingerprint density at radius 2 is 1.67 bits per heavy atom. The molecular formula is C25H25N3OS. The smallest absolute Gasteiger partial charge is 0.234 e. The molecule has 0 spiro atoms. The Morgan fingerprint density at radius 3 is 2.40 bits per heavy atom. The monoisotopic (exact) mass is 415 g/mol. The molecule has 1 aromatic heterocycles. The first kappa shape index (κ1) is 20.2. The van der Waals surface area contributed by atoms with Crippen molar-refractivity contribution in [2.45, 2.75) is 31.5 Å². The van der Waals surface area contributed by atoms with Crippen molar-refractivity contribution in [2.75, 3.05) is 11.1 Å². The summed E-state index contributed by atoms with van der Waals surface area (Å²) < 4.78 is 2.18. The number of amides is 1. The molecule has 0 bridgehead atoms. The zero-order valence-electron chi connectivity index (χ0n) is 17.2. The lowest BCUT2D eigenvalue weighted by atomic mass is 10.0. The molecule has 5 heteroatoms. The summed E-state index contributed by atoms with van der Waals surface area (Å²) in [5, 5.41) is 3.84. The van der Waals surface area contributed by atoms with Gasteiger partial charge in [-0.15, -0.1) is 0 Å². The average Bonchev–Trinajstić information content (AvgIpc) is 3.11. The van der Waals surface area contributed by atoms with Gasteiger partial charge in [-0.3, -0.25) is 4.79 Å². The molecule has 0 aliphatic rings. The SMILES string of the molecule is CC(C)c1ccc(NC(=O)CSc2nc3ccccc3n2Cc2ccccc2)cc1. The number of anilines is 1. The fourth-order valence-electron chi connectivity index (χ4n) is 3.36. The van der Waals surface area contributed by atoms with Gasteiger partial charge in [0.25, 0.3) is 0 Å². The van der Waals surface area contributed by atoms with Crippen LogP contribution >= 0.6 is 11.8 Å². The minimum atomic E-state index is -0.0318. The average molecular weight is 416 g/mol. The lowest BCUT2D eigenvalue weighted by Gasteiger charge is -2.10. The molecule has 1 N–H and O–H groups in total. The molecule has 0 saturated carbocycles. The summed E-state index contributed by atoms with van der Waals surface area (Å²) in [6, 6.07) is 26.5. The Hall–Kier alpha value is -3.05. The predicted octanol–water partition coefficient (Wildman–Crippen LogP) is 5.94. The molecular weight excluding hydrogens is 390 g/mol. The largest absolute Gasteiger partial charge is 0.325 e.